The van der Waals surface area contributed by atoms with Crippen molar-refractivity contribution in [2.75, 3.05) is 32.8 Å². The zero-order valence-electron chi connectivity index (χ0n) is 21.0. The zero-order valence-corrected chi connectivity index (χ0v) is 21.0. The molecule has 1 aliphatic heterocycles. The molecule has 35 heavy (non-hydrogen) atoms. The van der Waals surface area contributed by atoms with Crippen LogP contribution in [0.3, 0.4) is 0 Å². The molecule has 4 rings (SSSR count). The molecule has 188 valence electrons. The minimum atomic E-state index is -0.338. The molecule has 1 aliphatic rings. The van der Waals surface area contributed by atoms with Crippen LogP contribution in [0.15, 0.2) is 29.2 Å². The van der Waals surface area contributed by atoms with Crippen LogP contribution in [0.1, 0.15) is 55.5 Å². The monoisotopic (exact) mass is 480 g/mol. The zero-order chi connectivity index (χ0) is 24.9. The lowest BCUT2D eigenvalue weighted by Crippen LogP contribution is -2.40. The van der Waals surface area contributed by atoms with Crippen LogP contribution in [0.25, 0.3) is 16.7 Å². The number of aromatic nitrogens is 3. The van der Waals surface area contributed by atoms with Gasteiger partial charge in [-0.2, -0.15) is 0 Å². The first-order chi connectivity index (χ1) is 16.9. The van der Waals surface area contributed by atoms with E-state index in [1.807, 2.05) is 32.9 Å². The third kappa shape index (κ3) is 5.62. The molecule has 0 atom stereocenters. The van der Waals surface area contributed by atoms with Crippen LogP contribution in [0.4, 0.5) is 0 Å². The van der Waals surface area contributed by atoms with Crippen LogP contribution in [-0.2, 0) is 11.3 Å². The van der Waals surface area contributed by atoms with E-state index in [4.69, 9.17) is 15.1 Å². The summed E-state index contributed by atoms with van der Waals surface area (Å²) in [5.74, 6) is -0.338. The predicted molar refractivity (Wildman–Crippen MR) is 136 cm³/mol. The molecule has 0 spiro atoms. The molecule has 1 amide bonds. The molecule has 3 aromatic rings. The number of likely N-dealkylation sites (tertiary alicyclic amines) is 1. The number of piperidine rings is 1. The SMILES string of the molecule is Cc1cccn2c(=O)c3cc(C(=O)NCCN4CCCCC4)c(=N)n(CCCOC(C)C)c3nc12. The van der Waals surface area contributed by atoms with Crippen molar-refractivity contribution in [3.63, 3.8) is 0 Å². The number of carbonyl (C=O) groups is 1. The summed E-state index contributed by atoms with van der Waals surface area (Å²) in [6.45, 7) is 10.2. The summed E-state index contributed by atoms with van der Waals surface area (Å²) in [6.07, 6.45) is 6.09. The largest absolute Gasteiger partial charge is 0.379 e. The van der Waals surface area contributed by atoms with Gasteiger partial charge in [0.05, 0.1) is 17.1 Å². The Bertz CT molecular complexity index is 1320. The van der Waals surface area contributed by atoms with Gasteiger partial charge in [-0.05, 0) is 70.8 Å². The van der Waals surface area contributed by atoms with E-state index in [-0.39, 0.29) is 28.6 Å². The van der Waals surface area contributed by atoms with Crippen LogP contribution in [-0.4, -0.2) is 63.6 Å². The van der Waals surface area contributed by atoms with E-state index in [1.165, 1.54) is 29.7 Å². The number of nitrogens with zero attached hydrogens (tertiary/aromatic N) is 4. The first-order valence-electron chi connectivity index (χ1n) is 12.6. The summed E-state index contributed by atoms with van der Waals surface area (Å²) in [6, 6.07) is 5.24. The normalized spacial score (nSPS) is 14.7. The molecule has 0 bridgehead atoms. The molecule has 2 N–H and O–H groups in total. The first-order valence-corrected chi connectivity index (χ1v) is 12.6. The minimum absolute atomic E-state index is 0.0577. The molecule has 9 nitrogen and oxygen atoms in total. The van der Waals surface area contributed by atoms with Gasteiger partial charge in [0.1, 0.15) is 16.8 Å². The van der Waals surface area contributed by atoms with E-state index in [0.717, 1.165) is 25.2 Å². The molecule has 4 heterocycles. The van der Waals surface area contributed by atoms with Gasteiger partial charge in [0.2, 0.25) is 0 Å². The van der Waals surface area contributed by atoms with Crippen LogP contribution >= 0.6 is 0 Å². The fourth-order valence-corrected chi connectivity index (χ4v) is 4.63. The molecule has 0 radical (unpaired) electrons. The van der Waals surface area contributed by atoms with Crippen molar-refractivity contribution in [2.24, 2.45) is 0 Å². The van der Waals surface area contributed by atoms with E-state index in [1.54, 1.807) is 10.8 Å². The number of hydrogen-bond acceptors (Lipinski definition) is 6. The van der Waals surface area contributed by atoms with Crippen molar-refractivity contribution in [1.29, 1.82) is 5.41 Å². The summed E-state index contributed by atoms with van der Waals surface area (Å²) in [7, 11) is 0. The quantitative estimate of drug-likeness (QED) is 0.362. The molecule has 0 aromatic carbocycles. The van der Waals surface area contributed by atoms with Crippen molar-refractivity contribution in [2.45, 2.75) is 59.1 Å². The molecule has 0 aliphatic carbocycles. The second-order valence-corrected chi connectivity index (χ2v) is 9.53. The minimum Gasteiger partial charge on any atom is -0.379 e. The van der Waals surface area contributed by atoms with E-state index in [2.05, 4.69) is 10.2 Å². The number of fused-ring (bicyclic) bond motifs is 2. The van der Waals surface area contributed by atoms with Gasteiger partial charge in [0, 0.05) is 32.4 Å². The van der Waals surface area contributed by atoms with Gasteiger partial charge in [-0.25, -0.2) is 4.98 Å². The molecule has 3 aromatic heterocycles. The van der Waals surface area contributed by atoms with Crippen molar-refractivity contribution >= 4 is 22.6 Å². The Labute approximate surface area is 205 Å². The highest BCUT2D eigenvalue weighted by atomic mass is 16.5. The van der Waals surface area contributed by atoms with E-state index in [0.29, 0.717) is 42.8 Å². The van der Waals surface area contributed by atoms with Crippen LogP contribution in [0.5, 0.6) is 0 Å². The second kappa shape index (κ2) is 11.1. The molecular formula is C26H36N6O3. The van der Waals surface area contributed by atoms with Gasteiger partial charge in [0.25, 0.3) is 11.5 Å². The van der Waals surface area contributed by atoms with E-state index < -0.39 is 0 Å². The Hall–Kier alpha value is -3.04. The fraction of sp³-hybridized carbons (Fsp3) is 0.538. The highest BCUT2D eigenvalue weighted by Crippen LogP contribution is 2.13. The summed E-state index contributed by atoms with van der Waals surface area (Å²) in [5, 5.41) is 12.1. The average Bonchev–Trinajstić information content (AvgIpc) is 2.84. The number of nitrogens with one attached hydrogen (secondary N) is 2. The summed E-state index contributed by atoms with van der Waals surface area (Å²) < 4.78 is 8.85. The Morgan fingerprint density at radius 2 is 1.97 bits per heavy atom. The lowest BCUT2D eigenvalue weighted by Gasteiger charge is -2.26. The summed E-state index contributed by atoms with van der Waals surface area (Å²) >= 11 is 0. The number of carbonyl (C=O) groups excluding carboxylic acids is 1. The molecule has 1 fully saturated rings. The van der Waals surface area contributed by atoms with Crippen molar-refractivity contribution in [3.8, 4) is 0 Å². The molecule has 0 unspecified atom stereocenters. The van der Waals surface area contributed by atoms with Crippen LogP contribution < -0.4 is 16.4 Å². The third-order valence-electron chi connectivity index (χ3n) is 6.52. The first kappa shape index (κ1) is 25.1. The van der Waals surface area contributed by atoms with Crippen LogP contribution in [0.2, 0.25) is 0 Å². The highest BCUT2D eigenvalue weighted by molar-refractivity contribution is 5.96. The Balaban J connectivity index is 1.69. The summed E-state index contributed by atoms with van der Waals surface area (Å²) in [4.78, 5) is 33.7. The number of rotatable bonds is 9. The maximum atomic E-state index is 13.4. The maximum Gasteiger partial charge on any atom is 0.267 e. The van der Waals surface area contributed by atoms with Gasteiger partial charge in [0.15, 0.2) is 0 Å². The van der Waals surface area contributed by atoms with Crippen LogP contribution in [0, 0.1) is 12.3 Å². The second-order valence-electron chi connectivity index (χ2n) is 9.53. The lowest BCUT2D eigenvalue weighted by atomic mass is 10.1. The standard InChI is InChI=1S/C26H36N6O3/c1-18(2)35-16-8-14-31-22(27)20(25(33)28-10-15-30-11-5-4-6-12-30)17-21-24(31)29-23-19(3)9-7-13-32(23)26(21)34/h7,9,13,17-18,27H,4-6,8,10-12,14-16H2,1-3H3,(H,28,33). The number of hydrogen-bond donors (Lipinski definition) is 2. The number of pyridine rings is 2. The predicted octanol–water partition coefficient (Wildman–Crippen LogP) is 2.47. The molecule has 1 saturated heterocycles. The third-order valence-corrected chi connectivity index (χ3v) is 6.52. The molecular weight excluding hydrogens is 444 g/mol. The highest BCUT2D eigenvalue weighted by Gasteiger charge is 2.18. The number of ether oxygens (including phenoxy) is 1. The lowest BCUT2D eigenvalue weighted by molar-refractivity contribution is 0.0748. The van der Waals surface area contributed by atoms with E-state index >= 15 is 0 Å². The average molecular weight is 481 g/mol. The molecule has 9 heteroatoms. The Morgan fingerprint density at radius 3 is 2.71 bits per heavy atom. The molecule has 0 saturated carbocycles. The Morgan fingerprint density at radius 1 is 1.20 bits per heavy atom. The Kier molecular flexibility index (Phi) is 7.97. The number of aryl methyl sites for hydroxylation is 2. The smallest absolute Gasteiger partial charge is 0.267 e. The summed E-state index contributed by atoms with van der Waals surface area (Å²) in [5.41, 5.74) is 1.84. The van der Waals surface area contributed by atoms with Crippen molar-refractivity contribution in [3.05, 3.63) is 51.4 Å². The number of amides is 1. The van der Waals surface area contributed by atoms with Gasteiger partial charge in [-0.3, -0.25) is 19.4 Å². The van der Waals surface area contributed by atoms with Crippen molar-refractivity contribution < 1.29 is 9.53 Å². The van der Waals surface area contributed by atoms with E-state index in [9.17, 15) is 9.59 Å². The topological polar surface area (TPSA) is 105 Å². The van der Waals surface area contributed by atoms with Gasteiger partial charge in [-0.1, -0.05) is 12.5 Å². The van der Waals surface area contributed by atoms with Gasteiger partial charge >= 0.3 is 0 Å². The fourth-order valence-electron chi connectivity index (χ4n) is 4.63. The van der Waals surface area contributed by atoms with Gasteiger partial charge in [-0.15, -0.1) is 0 Å². The van der Waals surface area contributed by atoms with Gasteiger partial charge < -0.3 is 19.5 Å². The van der Waals surface area contributed by atoms with Crippen molar-refractivity contribution in [1.82, 2.24) is 24.2 Å². The maximum absolute atomic E-state index is 13.4.